The van der Waals surface area contributed by atoms with Gasteiger partial charge in [-0.25, -0.2) is 0 Å². The molecule has 1 fully saturated rings. The van der Waals surface area contributed by atoms with E-state index in [-0.39, 0.29) is 12.6 Å². The van der Waals surface area contributed by atoms with Crippen LogP contribution in [0.1, 0.15) is 19.8 Å². The Morgan fingerprint density at radius 1 is 1.45 bits per heavy atom. The van der Waals surface area contributed by atoms with E-state index in [0.29, 0.717) is 6.54 Å². The maximum Gasteiger partial charge on any atom is 0.400 e. The number of nitrogens with two attached hydrogens (primary N) is 1. The van der Waals surface area contributed by atoms with E-state index in [1.54, 1.807) is 4.90 Å². The van der Waals surface area contributed by atoms with Gasteiger partial charge in [-0.3, -0.25) is 4.90 Å². The molecule has 2 atom stereocenters. The zero-order valence-corrected chi connectivity index (χ0v) is 11.9. The zero-order chi connectivity index (χ0) is 15.3. The molecule has 1 aliphatic rings. The summed E-state index contributed by atoms with van der Waals surface area (Å²) in [5.41, 5.74) is 5.22. The van der Waals surface area contributed by atoms with Crippen LogP contribution >= 0.6 is 0 Å². The van der Waals surface area contributed by atoms with Crippen molar-refractivity contribution >= 4 is 5.84 Å². The molecule has 0 spiro atoms. The molecule has 0 aromatic heterocycles. The lowest BCUT2D eigenvalue weighted by Gasteiger charge is -2.33. The van der Waals surface area contributed by atoms with E-state index in [4.69, 9.17) is 10.9 Å². The number of hydrogen-bond acceptors (Lipinski definition) is 4. The van der Waals surface area contributed by atoms with Crippen LogP contribution in [0.5, 0.6) is 0 Å². The summed E-state index contributed by atoms with van der Waals surface area (Å²) in [7, 11) is 1.97. The van der Waals surface area contributed by atoms with Gasteiger partial charge < -0.3 is 15.8 Å². The van der Waals surface area contributed by atoms with Crippen LogP contribution in [-0.2, 0) is 0 Å². The second-order valence-corrected chi connectivity index (χ2v) is 5.29. The second kappa shape index (κ2) is 7.12. The predicted octanol–water partition coefficient (Wildman–Crippen LogP) is 1.33. The molecule has 8 heteroatoms. The third kappa shape index (κ3) is 4.52. The number of likely N-dealkylation sites (N-methyl/N-ethyl adjacent to an activating group) is 1. The van der Waals surface area contributed by atoms with E-state index in [1.165, 1.54) is 0 Å². The van der Waals surface area contributed by atoms with Crippen molar-refractivity contribution in [2.75, 3.05) is 33.2 Å². The lowest BCUT2D eigenvalue weighted by molar-refractivity contribution is -0.161. The number of hydrogen-bond donors (Lipinski definition) is 2. The predicted molar refractivity (Wildman–Crippen MR) is 70.7 cm³/mol. The maximum atomic E-state index is 13.0. The molecule has 3 N–H and O–H groups in total. The van der Waals surface area contributed by atoms with Gasteiger partial charge in [-0.05, 0) is 33.0 Å². The standard InChI is InChI=1S/C12H23F3N4O/c1-3-9-7-18(2)5-4-6-19(9)8-10(11(16)17-20)12(13,14)15/h9-10,20H,3-8H2,1-2H3,(H2,16,17). The molecular formula is C12H23F3N4O. The Kier molecular flexibility index (Phi) is 6.07. The molecule has 0 bridgehead atoms. The second-order valence-electron chi connectivity index (χ2n) is 5.29. The molecule has 1 heterocycles. The molecule has 0 aliphatic carbocycles. The van der Waals surface area contributed by atoms with Gasteiger partial charge in [0.05, 0.1) is 0 Å². The number of nitrogens with zero attached hydrogens (tertiary/aromatic N) is 3. The van der Waals surface area contributed by atoms with E-state index in [1.807, 2.05) is 14.0 Å². The van der Waals surface area contributed by atoms with E-state index in [2.05, 4.69) is 10.1 Å². The first kappa shape index (κ1) is 17.0. The summed E-state index contributed by atoms with van der Waals surface area (Å²) in [6, 6.07) is 0.0545. The smallest absolute Gasteiger partial charge is 0.400 e. The summed E-state index contributed by atoms with van der Waals surface area (Å²) in [5, 5.41) is 11.1. The molecule has 0 radical (unpaired) electrons. The Morgan fingerprint density at radius 3 is 2.60 bits per heavy atom. The van der Waals surface area contributed by atoms with E-state index >= 15 is 0 Å². The quantitative estimate of drug-likeness (QED) is 0.355. The van der Waals surface area contributed by atoms with Crippen LogP contribution < -0.4 is 5.73 Å². The third-order valence-electron chi connectivity index (χ3n) is 3.78. The van der Waals surface area contributed by atoms with Crippen molar-refractivity contribution in [2.45, 2.75) is 32.0 Å². The number of alkyl halides is 3. The Labute approximate surface area is 117 Å². The number of amidine groups is 1. The monoisotopic (exact) mass is 296 g/mol. The summed E-state index contributed by atoms with van der Waals surface area (Å²) < 4.78 is 39.0. The van der Waals surface area contributed by atoms with Gasteiger partial charge in [-0.15, -0.1) is 0 Å². The van der Waals surface area contributed by atoms with Crippen LogP contribution in [0.3, 0.4) is 0 Å². The fraction of sp³-hybridized carbons (Fsp3) is 0.917. The Bertz CT molecular complexity index is 335. The molecule has 1 rings (SSSR count). The van der Waals surface area contributed by atoms with E-state index < -0.39 is 17.9 Å². The van der Waals surface area contributed by atoms with Crippen LogP contribution in [-0.4, -0.2) is 66.3 Å². The normalized spacial score (nSPS) is 25.4. The highest BCUT2D eigenvalue weighted by molar-refractivity contribution is 5.83. The zero-order valence-electron chi connectivity index (χ0n) is 11.9. The summed E-state index contributed by atoms with van der Waals surface area (Å²) in [6.45, 7) is 3.90. The van der Waals surface area contributed by atoms with Gasteiger partial charge in [0.2, 0.25) is 0 Å². The number of oxime groups is 1. The molecular weight excluding hydrogens is 273 g/mol. The molecule has 118 valence electrons. The van der Waals surface area contributed by atoms with Gasteiger partial charge in [-0.2, -0.15) is 13.2 Å². The molecule has 20 heavy (non-hydrogen) atoms. The molecule has 2 unspecified atom stereocenters. The average Bonchev–Trinajstić information content (AvgIpc) is 2.55. The average molecular weight is 296 g/mol. The van der Waals surface area contributed by atoms with Gasteiger partial charge in [0.15, 0.2) is 5.84 Å². The third-order valence-corrected chi connectivity index (χ3v) is 3.78. The van der Waals surface area contributed by atoms with Crippen molar-refractivity contribution in [3.63, 3.8) is 0 Å². The molecule has 1 aliphatic heterocycles. The minimum absolute atomic E-state index is 0.0545. The molecule has 0 amide bonds. The minimum Gasteiger partial charge on any atom is -0.409 e. The first-order valence-electron chi connectivity index (χ1n) is 6.76. The fourth-order valence-corrected chi connectivity index (χ4v) is 2.59. The molecule has 1 saturated heterocycles. The molecule has 5 nitrogen and oxygen atoms in total. The summed E-state index contributed by atoms with van der Waals surface area (Å²) in [5.74, 6) is -2.70. The highest BCUT2D eigenvalue weighted by Crippen LogP contribution is 2.28. The minimum atomic E-state index is -4.51. The lowest BCUT2D eigenvalue weighted by Crippen LogP contribution is -2.49. The largest absolute Gasteiger partial charge is 0.409 e. The highest BCUT2D eigenvalue weighted by Gasteiger charge is 2.44. The maximum absolute atomic E-state index is 13.0. The van der Waals surface area contributed by atoms with Gasteiger partial charge in [0, 0.05) is 19.1 Å². The molecule has 0 aromatic rings. The van der Waals surface area contributed by atoms with E-state index in [0.717, 1.165) is 25.9 Å². The SMILES string of the molecule is CCC1CN(C)CCCN1CC(C(N)=NO)C(F)(F)F. The Morgan fingerprint density at radius 2 is 2.10 bits per heavy atom. The van der Waals surface area contributed by atoms with Crippen molar-refractivity contribution in [2.24, 2.45) is 16.8 Å². The van der Waals surface area contributed by atoms with Crippen LogP contribution in [0.15, 0.2) is 5.16 Å². The van der Waals surface area contributed by atoms with Gasteiger partial charge in [-0.1, -0.05) is 12.1 Å². The van der Waals surface area contributed by atoms with Crippen molar-refractivity contribution in [3.05, 3.63) is 0 Å². The van der Waals surface area contributed by atoms with Gasteiger partial charge in [0.25, 0.3) is 0 Å². The fourth-order valence-electron chi connectivity index (χ4n) is 2.59. The highest BCUT2D eigenvalue weighted by atomic mass is 19.4. The topological polar surface area (TPSA) is 65.1 Å². The Hall–Kier alpha value is -1.02. The Balaban J connectivity index is 2.85. The first-order valence-corrected chi connectivity index (χ1v) is 6.76. The van der Waals surface area contributed by atoms with Gasteiger partial charge in [0.1, 0.15) is 5.92 Å². The van der Waals surface area contributed by atoms with Crippen LogP contribution in [0.25, 0.3) is 0 Å². The first-order chi connectivity index (χ1) is 9.29. The number of rotatable bonds is 4. The number of halogens is 3. The summed E-state index contributed by atoms with van der Waals surface area (Å²) >= 11 is 0. The lowest BCUT2D eigenvalue weighted by atomic mass is 10.0. The van der Waals surface area contributed by atoms with Crippen molar-refractivity contribution in [1.29, 1.82) is 0 Å². The van der Waals surface area contributed by atoms with Crippen molar-refractivity contribution in [3.8, 4) is 0 Å². The van der Waals surface area contributed by atoms with Crippen molar-refractivity contribution in [1.82, 2.24) is 9.80 Å². The van der Waals surface area contributed by atoms with E-state index in [9.17, 15) is 13.2 Å². The van der Waals surface area contributed by atoms with Crippen LogP contribution in [0.4, 0.5) is 13.2 Å². The summed E-state index contributed by atoms with van der Waals surface area (Å²) in [6.07, 6.45) is -2.92. The van der Waals surface area contributed by atoms with Crippen molar-refractivity contribution < 1.29 is 18.4 Å². The van der Waals surface area contributed by atoms with Gasteiger partial charge >= 0.3 is 6.18 Å². The molecule has 0 aromatic carbocycles. The van der Waals surface area contributed by atoms with Crippen LogP contribution in [0.2, 0.25) is 0 Å². The van der Waals surface area contributed by atoms with Crippen LogP contribution in [0, 0.1) is 5.92 Å². The molecule has 0 saturated carbocycles. The summed E-state index contributed by atoms with van der Waals surface area (Å²) in [4.78, 5) is 3.93.